The number of carbonyl (C=O) groups excluding carboxylic acids is 1. The van der Waals surface area contributed by atoms with E-state index in [1.807, 2.05) is 12.1 Å². The highest BCUT2D eigenvalue weighted by Gasteiger charge is 2.31. The van der Waals surface area contributed by atoms with E-state index in [4.69, 9.17) is 4.74 Å². The van der Waals surface area contributed by atoms with Crippen molar-refractivity contribution in [2.75, 3.05) is 11.9 Å². The quantitative estimate of drug-likeness (QED) is 0.892. The van der Waals surface area contributed by atoms with Gasteiger partial charge in [0.15, 0.2) is 0 Å². The molecule has 1 fully saturated rings. The largest absolute Gasteiger partial charge is 0.371 e. The van der Waals surface area contributed by atoms with Crippen molar-refractivity contribution in [3.8, 4) is 0 Å². The van der Waals surface area contributed by atoms with Crippen LogP contribution in [0.5, 0.6) is 0 Å². The van der Waals surface area contributed by atoms with E-state index in [0.29, 0.717) is 12.3 Å². The monoisotopic (exact) mass is 285 g/mol. The van der Waals surface area contributed by atoms with Gasteiger partial charge in [0.25, 0.3) is 0 Å². The van der Waals surface area contributed by atoms with E-state index in [1.165, 1.54) is 12.4 Å². The first-order valence-corrected chi connectivity index (χ1v) is 6.68. The third-order valence-electron chi connectivity index (χ3n) is 3.26. The van der Waals surface area contributed by atoms with Crippen LogP contribution in [-0.2, 0) is 4.74 Å². The van der Waals surface area contributed by atoms with Crippen LogP contribution in [0.4, 0.5) is 10.5 Å². The fourth-order valence-corrected chi connectivity index (χ4v) is 2.31. The number of ether oxygens (including phenoxy) is 1. The highest BCUT2D eigenvalue weighted by Crippen LogP contribution is 2.28. The summed E-state index contributed by atoms with van der Waals surface area (Å²) in [6.45, 7) is 0.612. The topological polar surface area (TPSA) is 89.0 Å². The van der Waals surface area contributed by atoms with Crippen LogP contribution < -0.4 is 10.6 Å². The zero-order chi connectivity index (χ0) is 14.5. The van der Waals surface area contributed by atoms with E-state index in [1.54, 1.807) is 18.5 Å². The van der Waals surface area contributed by atoms with Gasteiger partial charge in [0.2, 0.25) is 0 Å². The van der Waals surface area contributed by atoms with Crippen molar-refractivity contribution in [2.24, 2.45) is 0 Å². The molecule has 3 heterocycles. The van der Waals surface area contributed by atoms with Crippen LogP contribution in [-0.4, -0.2) is 33.9 Å². The SMILES string of the molecule is O=C(Nc1ccnnc1)N[C@@H]1CCO[C@H]1c1cccnc1. The molecule has 21 heavy (non-hydrogen) atoms. The van der Waals surface area contributed by atoms with E-state index >= 15 is 0 Å². The van der Waals surface area contributed by atoms with Crippen LogP contribution >= 0.6 is 0 Å². The van der Waals surface area contributed by atoms with E-state index in [2.05, 4.69) is 25.8 Å². The van der Waals surface area contributed by atoms with E-state index in [-0.39, 0.29) is 18.2 Å². The molecule has 0 aliphatic carbocycles. The summed E-state index contributed by atoms with van der Waals surface area (Å²) >= 11 is 0. The molecule has 0 bridgehead atoms. The predicted octanol–water partition coefficient (Wildman–Crippen LogP) is 1.52. The summed E-state index contributed by atoms with van der Waals surface area (Å²) < 4.78 is 5.70. The summed E-state index contributed by atoms with van der Waals surface area (Å²) in [6, 6.07) is 5.12. The van der Waals surface area contributed by atoms with Crippen LogP contribution in [0.15, 0.2) is 43.0 Å². The average Bonchev–Trinajstić information content (AvgIpc) is 2.97. The average molecular weight is 285 g/mol. The van der Waals surface area contributed by atoms with Crippen LogP contribution in [0.25, 0.3) is 0 Å². The van der Waals surface area contributed by atoms with Crippen molar-refractivity contribution in [1.29, 1.82) is 0 Å². The van der Waals surface area contributed by atoms with Gasteiger partial charge < -0.3 is 15.4 Å². The maximum Gasteiger partial charge on any atom is 0.319 e. The van der Waals surface area contributed by atoms with Crippen LogP contribution in [0, 0.1) is 0 Å². The first kappa shape index (κ1) is 13.4. The van der Waals surface area contributed by atoms with Gasteiger partial charge in [-0.1, -0.05) is 6.07 Å². The van der Waals surface area contributed by atoms with Gasteiger partial charge in [-0.2, -0.15) is 10.2 Å². The number of urea groups is 1. The standard InChI is InChI=1S/C14H15N5O2/c20-14(18-11-3-6-16-17-9-11)19-12-4-7-21-13(12)10-2-1-5-15-8-10/h1-3,5-6,8-9,12-13H,4,7H2,(H2,16,18,19,20)/t12-,13+/m1/s1. The molecule has 1 aliphatic heterocycles. The Morgan fingerprint density at radius 1 is 1.24 bits per heavy atom. The highest BCUT2D eigenvalue weighted by molar-refractivity contribution is 5.89. The van der Waals surface area contributed by atoms with Gasteiger partial charge in [-0.3, -0.25) is 4.98 Å². The summed E-state index contributed by atoms with van der Waals surface area (Å²) in [4.78, 5) is 16.1. The van der Waals surface area contributed by atoms with Crippen molar-refractivity contribution < 1.29 is 9.53 Å². The third-order valence-corrected chi connectivity index (χ3v) is 3.26. The first-order chi connectivity index (χ1) is 10.3. The van der Waals surface area contributed by atoms with Crippen LogP contribution in [0.2, 0.25) is 0 Å². The number of amides is 2. The molecule has 1 aliphatic rings. The molecule has 108 valence electrons. The van der Waals surface area contributed by atoms with Gasteiger partial charge >= 0.3 is 6.03 Å². The zero-order valence-electron chi connectivity index (χ0n) is 11.3. The minimum atomic E-state index is -0.285. The van der Waals surface area contributed by atoms with Gasteiger partial charge in [0.1, 0.15) is 6.10 Å². The lowest BCUT2D eigenvalue weighted by Gasteiger charge is -2.20. The number of carbonyl (C=O) groups is 1. The molecule has 1 saturated heterocycles. The van der Waals surface area contributed by atoms with E-state index in [9.17, 15) is 4.79 Å². The lowest BCUT2D eigenvalue weighted by Crippen LogP contribution is -2.39. The second kappa shape index (κ2) is 6.27. The molecule has 0 unspecified atom stereocenters. The smallest absolute Gasteiger partial charge is 0.319 e. The van der Waals surface area contributed by atoms with Crippen molar-refractivity contribution in [3.63, 3.8) is 0 Å². The fraction of sp³-hybridized carbons (Fsp3) is 0.286. The van der Waals surface area contributed by atoms with Crippen molar-refractivity contribution in [1.82, 2.24) is 20.5 Å². The third kappa shape index (κ3) is 3.32. The second-order valence-electron chi connectivity index (χ2n) is 4.70. The lowest BCUT2D eigenvalue weighted by atomic mass is 10.0. The van der Waals surface area contributed by atoms with Crippen molar-refractivity contribution in [2.45, 2.75) is 18.6 Å². The maximum absolute atomic E-state index is 12.0. The number of hydrogen-bond acceptors (Lipinski definition) is 5. The predicted molar refractivity (Wildman–Crippen MR) is 75.5 cm³/mol. The molecule has 7 heteroatoms. The zero-order valence-corrected chi connectivity index (χ0v) is 11.3. The molecule has 0 spiro atoms. The minimum Gasteiger partial charge on any atom is -0.371 e. The fourth-order valence-electron chi connectivity index (χ4n) is 2.31. The molecule has 7 nitrogen and oxygen atoms in total. The first-order valence-electron chi connectivity index (χ1n) is 6.68. The number of nitrogens with zero attached hydrogens (tertiary/aromatic N) is 3. The molecular formula is C14H15N5O2. The molecule has 0 radical (unpaired) electrons. The minimum absolute atomic E-state index is 0.0796. The molecule has 3 rings (SSSR count). The Labute approximate surface area is 121 Å². The van der Waals surface area contributed by atoms with Gasteiger partial charge in [0, 0.05) is 24.6 Å². The molecule has 2 amide bonds. The van der Waals surface area contributed by atoms with Gasteiger partial charge in [-0.15, -0.1) is 0 Å². The number of hydrogen-bond donors (Lipinski definition) is 2. The number of nitrogens with one attached hydrogen (secondary N) is 2. The Bertz CT molecular complexity index is 593. The Balaban J connectivity index is 1.62. The van der Waals surface area contributed by atoms with E-state index in [0.717, 1.165) is 12.0 Å². The number of aromatic nitrogens is 3. The Hall–Kier alpha value is -2.54. The summed E-state index contributed by atoms with van der Waals surface area (Å²) in [5.74, 6) is 0. The summed E-state index contributed by atoms with van der Waals surface area (Å²) in [6.07, 6.45) is 7.08. The molecule has 2 aromatic rings. The maximum atomic E-state index is 12.0. The molecule has 2 atom stereocenters. The summed E-state index contributed by atoms with van der Waals surface area (Å²) in [7, 11) is 0. The molecule has 2 aromatic heterocycles. The summed E-state index contributed by atoms with van der Waals surface area (Å²) in [5.41, 5.74) is 1.56. The van der Waals surface area contributed by atoms with Crippen LogP contribution in [0.3, 0.4) is 0 Å². The number of rotatable bonds is 3. The molecule has 0 saturated carbocycles. The lowest BCUT2D eigenvalue weighted by molar-refractivity contribution is 0.100. The van der Waals surface area contributed by atoms with E-state index < -0.39 is 0 Å². The van der Waals surface area contributed by atoms with Crippen LogP contribution in [0.1, 0.15) is 18.1 Å². The van der Waals surface area contributed by atoms with Gasteiger partial charge in [0.05, 0.1) is 24.1 Å². The summed E-state index contributed by atoms with van der Waals surface area (Å²) in [5, 5.41) is 13.0. The molecular weight excluding hydrogens is 270 g/mol. The van der Waals surface area contributed by atoms with Gasteiger partial charge in [-0.25, -0.2) is 4.79 Å². The van der Waals surface area contributed by atoms with Crippen molar-refractivity contribution in [3.05, 3.63) is 48.5 Å². The Morgan fingerprint density at radius 2 is 2.19 bits per heavy atom. The van der Waals surface area contributed by atoms with Gasteiger partial charge in [-0.05, 0) is 18.6 Å². The highest BCUT2D eigenvalue weighted by atomic mass is 16.5. The van der Waals surface area contributed by atoms with Crippen molar-refractivity contribution >= 4 is 11.7 Å². The molecule has 0 aromatic carbocycles. The molecule has 2 N–H and O–H groups in total. The normalized spacial score (nSPS) is 21.0. The second-order valence-corrected chi connectivity index (χ2v) is 4.70. The number of pyridine rings is 1. The number of anilines is 1. The Morgan fingerprint density at radius 3 is 2.95 bits per heavy atom. The Kier molecular flexibility index (Phi) is 4.02.